The lowest BCUT2D eigenvalue weighted by Gasteiger charge is -2.31. The van der Waals surface area contributed by atoms with Gasteiger partial charge in [0.1, 0.15) is 0 Å². The van der Waals surface area contributed by atoms with Crippen LogP contribution in [0.15, 0.2) is 237 Å². The molecule has 1 heteroatoms. The van der Waals surface area contributed by atoms with Crippen LogP contribution in [0.4, 0.5) is 17.1 Å². The van der Waals surface area contributed by atoms with Gasteiger partial charge < -0.3 is 4.90 Å². The van der Waals surface area contributed by atoms with Gasteiger partial charge in [-0.25, -0.2) is 0 Å². The summed E-state index contributed by atoms with van der Waals surface area (Å²) in [6.45, 7) is 0. The summed E-state index contributed by atoms with van der Waals surface area (Å²) >= 11 is 0. The van der Waals surface area contributed by atoms with Crippen LogP contribution in [-0.4, -0.2) is 0 Å². The highest BCUT2D eigenvalue weighted by Crippen LogP contribution is 2.48. The van der Waals surface area contributed by atoms with Crippen molar-refractivity contribution in [2.45, 2.75) is 0 Å². The molecule has 0 aromatic heterocycles. The lowest BCUT2D eigenvalue weighted by Crippen LogP contribution is -2.13. The molecule has 0 aliphatic heterocycles. The summed E-state index contributed by atoms with van der Waals surface area (Å²) in [6, 6.07) is 85.1. The largest absolute Gasteiger partial charge is 0.309 e. The fourth-order valence-electron chi connectivity index (χ4n) is 7.62. The molecule has 0 unspecified atom stereocenters. The monoisotopic (exact) mass is 701 g/mol. The average molecular weight is 702 g/mol. The molecule has 0 atom stereocenters. The van der Waals surface area contributed by atoms with Crippen molar-refractivity contribution >= 4 is 17.1 Å². The van der Waals surface area contributed by atoms with Gasteiger partial charge in [0.2, 0.25) is 0 Å². The van der Waals surface area contributed by atoms with E-state index in [9.17, 15) is 0 Å². The van der Waals surface area contributed by atoms with Crippen molar-refractivity contribution in [1.29, 1.82) is 0 Å². The second-order valence-electron chi connectivity index (χ2n) is 13.7. The fourth-order valence-corrected chi connectivity index (χ4v) is 7.62. The molecular formula is C54H39N. The normalized spacial score (nSPS) is 10.9. The number of hydrogen-bond acceptors (Lipinski definition) is 1. The Bertz CT molecular complexity index is 2400. The Morgan fingerprint density at radius 3 is 0.727 bits per heavy atom. The number of anilines is 3. The maximum atomic E-state index is 2.47. The second-order valence-corrected chi connectivity index (χ2v) is 13.7. The minimum atomic E-state index is 1.10. The van der Waals surface area contributed by atoms with E-state index in [1.165, 1.54) is 33.4 Å². The zero-order chi connectivity index (χ0) is 36.8. The van der Waals surface area contributed by atoms with E-state index in [1.807, 2.05) is 0 Å². The van der Waals surface area contributed by atoms with E-state index in [2.05, 4.69) is 241 Å². The number of hydrogen-bond donors (Lipinski definition) is 0. The van der Waals surface area contributed by atoms with Gasteiger partial charge in [0.25, 0.3) is 0 Å². The lowest BCUT2D eigenvalue weighted by atomic mass is 9.93. The molecule has 0 bridgehead atoms. The van der Waals surface area contributed by atoms with Gasteiger partial charge in [0.15, 0.2) is 0 Å². The summed E-state index contributed by atoms with van der Waals surface area (Å²) in [7, 11) is 0. The zero-order valence-corrected chi connectivity index (χ0v) is 30.5. The molecule has 0 fully saturated rings. The van der Waals surface area contributed by atoms with Gasteiger partial charge in [-0.05, 0) is 86.5 Å². The molecule has 9 rings (SSSR count). The number of benzene rings is 9. The van der Waals surface area contributed by atoms with Gasteiger partial charge in [0, 0.05) is 16.7 Å². The minimum Gasteiger partial charge on any atom is -0.309 e. The predicted octanol–water partition coefficient (Wildman–Crippen LogP) is 15.2. The molecule has 0 N–H and O–H groups in total. The summed E-state index contributed by atoms with van der Waals surface area (Å²) in [4.78, 5) is 2.47. The molecule has 0 spiro atoms. The van der Waals surface area contributed by atoms with E-state index in [-0.39, 0.29) is 0 Å². The Hall–Kier alpha value is -7.22. The first-order valence-corrected chi connectivity index (χ1v) is 18.8. The van der Waals surface area contributed by atoms with E-state index in [0.29, 0.717) is 0 Å². The number of para-hydroxylation sites is 3. The lowest BCUT2D eigenvalue weighted by molar-refractivity contribution is 1.28. The molecule has 0 aliphatic rings. The maximum absolute atomic E-state index is 2.47. The minimum absolute atomic E-state index is 1.10. The molecule has 55 heavy (non-hydrogen) atoms. The van der Waals surface area contributed by atoms with Gasteiger partial charge in [-0.1, -0.05) is 200 Å². The standard InChI is InChI=1S/C54H39N/c1-4-19-40(20-5-1)43-25-16-28-46(37-43)49-31-10-13-34-52(49)55(53-35-14-11-32-50(53)47-29-17-26-44(38-47)41-21-6-2-7-22-41)54-36-15-12-33-51(54)48-30-18-27-45(39-48)42-23-8-3-9-24-42/h1-39H. The first-order valence-electron chi connectivity index (χ1n) is 18.8. The molecule has 0 saturated carbocycles. The van der Waals surface area contributed by atoms with Crippen LogP contribution in [-0.2, 0) is 0 Å². The highest BCUT2D eigenvalue weighted by atomic mass is 15.1. The molecule has 9 aromatic carbocycles. The van der Waals surface area contributed by atoms with Gasteiger partial charge in [0.05, 0.1) is 17.1 Å². The van der Waals surface area contributed by atoms with Gasteiger partial charge in [-0.15, -0.1) is 0 Å². The smallest absolute Gasteiger partial charge is 0.0540 e. The summed E-state index contributed by atoms with van der Waals surface area (Å²) in [5.41, 5.74) is 17.4. The van der Waals surface area contributed by atoms with Gasteiger partial charge >= 0.3 is 0 Å². The zero-order valence-electron chi connectivity index (χ0n) is 30.5. The van der Waals surface area contributed by atoms with Crippen LogP contribution in [0.5, 0.6) is 0 Å². The van der Waals surface area contributed by atoms with E-state index >= 15 is 0 Å². The van der Waals surface area contributed by atoms with Crippen molar-refractivity contribution in [3.05, 3.63) is 237 Å². The molecule has 0 aliphatic carbocycles. The van der Waals surface area contributed by atoms with Crippen LogP contribution in [0.1, 0.15) is 0 Å². The van der Waals surface area contributed by atoms with Crippen molar-refractivity contribution in [1.82, 2.24) is 0 Å². The Kier molecular flexibility index (Phi) is 9.41. The van der Waals surface area contributed by atoms with Crippen LogP contribution in [0.2, 0.25) is 0 Å². The van der Waals surface area contributed by atoms with Crippen LogP contribution in [0.25, 0.3) is 66.8 Å². The molecule has 9 aromatic rings. The Balaban J connectivity index is 1.27. The number of nitrogens with zero attached hydrogens (tertiary/aromatic N) is 1. The van der Waals surface area contributed by atoms with Crippen molar-refractivity contribution in [2.24, 2.45) is 0 Å². The summed E-state index contributed by atoms with van der Waals surface area (Å²) < 4.78 is 0. The second kappa shape index (κ2) is 15.4. The van der Waals surface area contributed by atoms with E-state index in [4.69, 9.17) is 0 Å². The van der Waals surface area contributed by atoms with Crippen molar-refractivity contribution in [3.8, 4) is 66.8 Å². The SMILES string of the molecule is c1ccc(-c2cccc(-c3ccccc3N(c3ccccc3-c3cccc(-c4ccccc4)c3)c3ccccc3-c3cccc(-c4ccccc4)c3)c2)cc1. The molecule has 0 saturated heterocycles. The van der Waals surface area contributed by atoms with Gasteiger partial charge in [-0.2, -0.15) is 0 Å². The highest BCUT2D eigenvalue weighted by molar-refractivity contribution is 5.98. The maximum Gasteiger partial charge on any atom is 0.0540 e. The van der Waals surface area contributed by atoms with Gasteiger partial charge in [-0.3, -0.25) is 0 Å². The van der Waals surface area contributed by atoms with Crippen LogP contribution in [0, 0.1) is 0 Å². The Morgan fingerprint density at radius 2 is 0.418 bits per heavy atom. The summed E-state index contributed by atoms with van der Waals surface area (Å²) in [6.07, 6.45) is 0. The third-order valence-electron chi connectivity index (χ3n) is 10.3. The van der Waals surface area contributed by atoms with Crippen molar-refractivity contribution in [2.75, 3.05) is 4.90 Å². The van der Waals surface area contributed by atoms with Crippen LogP contribution < -0.4 is 4.90 Å². The van der Waals surface area contributed by atoms with E-state index < -0.39 is 0 Å². The Morgan fingerprint density at radius 1 is 0.182 bits per heavy atom. The summed E-state index contributed by atoms with van der Waals surface area (Å²) in [5, 5.41) is 0. The quantitative estimate of drug-likeness (QED) is 0.145. The van der Waals surface area contributed by atoms with Crippen molar-refractivity contribution in [3.63, 3.8) is 0 Å². The summed E-state index contributed by atoms with van der Waals surface area (Å²) in [5.74, 6) is 0. The molecular weight excluding hydrogens is 663 g/mol. The van der Waals surface area contributed by atoms with E-state index in [1.54, 1.807) is 0 Å². The third-order valence-corrected chi connectivity index (χ3v) is 10.3. The predicted molar refractivity (Wildman–Crippen MR) is 234 cm³/mol. The third kappa shape index (κ3) is 7.00. The Labute approximate surface area is 324 Å². The first-order chi connectivity index (χ1) is 27.3. The molecule has 260 valence electrons. The highest BCUT2D eigenvalue weighted by Gasteiger charge is 2.23. The topological polar surface area (TPSA) is 3.24 Å². The average Bonchev–Trinajstić information content (AvgIpc) is 3.28. The molecule has 1 nitrogen and oxygen atoms in total. The fraction of sp³-hybridized carbons (Fsp3) is 0. The van der Waals surface area contributed by atoms with E-state index in [0.717, 1.165) is 50.4 Å². The van der Waals surface area contributed by atoms with Crippen LogP contribution in [0.3, 0.4) is 0 Å². The molecule has 0 radical (unpaired) electrons. The van der Waals surface area contributed by atoms with Crippen molar-refractivity contribution < 1.29 is 0 Å². The number of rotatable bonds is 9. The molecule has 0 amide bonds. The first kappa shape index (κ1) is 33.6. The van der Waals surface area contributed by atoms with Crippen LogP contribution >= 0.6 is 0 Å². The molecule has 0 heterocycles.